The van der Waals surface area contributed by atoms with Crippen LogP contribution in [-0.4, -0.2) is 77.9 Å². The topological polar surface area (TPSA) is 161 Å². The molecule has 0 aromatic carbocycles. The molecule has 3 unspecified atom stereocenters. The van der Waals surface area contributed by atoms with Gasteiger partial charge in [0.25, 0.3) is 0 Å². The zero-order chi connectivity index (χ0) is 38.1. The molecule has 1 rings (SSSR count). The van der Waals surface area contributed by atoms with E-state index in [1.54, 1.807) is 0 Å². The molecule has 1 saturated heterocycles. The molecule has 0 amide bonds. The highest BCUT2D eigenvalue weighted by Gasteiger charge is 2.36. The van der Waals surface area contributed by atoms with Crippen LogP contribution in [0, 0.1) is 0 Å². The second kappa shape index (κ2) is 32.8. The second-order valence-electron chi connectivity index (χ2n) is 14.0. The van der Waals surface area contributed by atoms with Gasteiger partial charge in [0.15, 0.2) is 6.10 Å². The largest absolute Gasteiger partial charge is 0.472 e. The lowest BCUT2D eigenvalue weighted by atomic mass is 10.1. The van der Waals surface area contributed by atoms with Crippen molar-refractivity contribution in [3.8, 4) is 0 Å². The summed E-state index contributed by atoms with van der Waals surface area (Å²) in [6.45, 7) is 2.29. The van der Waals surface area contributed by atoms with Gasteiger partial charge in [-0.2, -0.15) is 0 Å². The number of unbranched alkanes of at least 4 members (excludes halogenated alkanes) is 16. The summed E-state index contributed by atoms with van der Waals surface area (Å²) in [7, 11) is -4.62. The maximum atomic E-state index is 12.6. The van der Waals surface area contributed by atoms with E-state index in [0.29, 0.717) is 25.0 Å². The molecule has 52 heavy (non-hydrogen) atoms. The van der Waals surface area contributed by atoms with E-state index >= 15 is 0 Å². The van der Waals surface area contributed by atoms with Crippen molar-refractivity contribution < 1.29 is 52.5 Å². The minimum Gasteiger partial charge on any atom is -0.462 e. The third-order valence-electron chi connectivity index (χ3n) is 9.00. The fourth-order valence-electron chi connectivity index (χ4n) is 5.70. The third-order valence-corrected chi connectivity index (χ3v) is 9.95. The van der Waals surface area contributed by atoms with E-state index in [0.717, 1.165) is 77.0 Å². The Bertz CT molecular complexity index is 989. The first-order valence-corrected chi connectivity index (χ1v) is 21.9. The number of allylic oxidation sites excluding steroid dienone is 3. The van der Waals surface area contributed by atoms with Crippen molar-refractivity contribution in [3.05, 3.63) is 24.3 Å². The maximum Gasteiger partial charge on any atom is 0.472 e. The van der Waals surface area contributed by atoms with Crippen molar-refractivity contribution in [2.45, 2.75) is 192 Å². The lowest BCUT2D eigenvalue weighted by Gasteiger charge is -2.20. The van der Waals surface area contributed by atoms with Crippen molar-refractivity contribution >= 4 is 19.8 Å². The summed E-state index contributed by atoms with van der Waals surface area (Å²) in [6, 6.07) is 0. The van der Waals surface area contributed by atoms with E-state index in [4.69, 9.17) is 23.8 Å². The number of ether oxygens (including phenoxy) is 3. The number of hydrogen-bond acceptors (Lipinski definition) is 10. The number of carbonyl (C=O) groups excluding carboxylic acids is 2. The Morgan fingerprint density at radius 3 is 1.81 bits per heavy atom. The van der Waals surface area contributed by atoms with Crippen LogP contribution in [0.25, 0.3) is 0 Å². The van der Waals surface area contributed by atoms with Crippen LogP contribution in [0.2, 0.25) is 0 Å². The SMILES string of the molecule is CCCCCC/C=C\CCCCCCCC(=O)O[C@H](COC(=O)CCCCCCC/C=C\CC1OC1CCCCC)COP(=O)(O)OC[C@@H](O)CO. The predicted molar refractivity (Wildman–Crippen MR) is 205 cm³/mol. The molecule has 0 saturated carbocycles. The number of rotatable bonds is 37. The minimum absolute atomic E-state index is 0.169. The average molecular weight is 761 g/mol. The summed E-state index contributed by atoms with van der Waals surface area (Å²) in [4.78, 5) is 34.9. The van der Waals surface area contributed by atoms with Crippen LogP contribution in [0.5, 0.6) is 0 Å². The molecule has 1 heterocycles. The zero-order valence-corrected chi connectivity index (χ0v) is 33.4. The Labute approximate surface area is 314 Å². The zero-order valence-electron chi connectivity index (χ0n) is 32.5. The van der Waals surface area contributed by atoms with Crippen molar-refractivity contribution in [3.63, 3.8) is 0 Å². The van der Waals surface area contributed by atoms with E-state index in [-0.39, 0.29) is 19.4 Å². The molecule has 0 aromatic heterocycles. The Kier molecular flexibility index (Phi) is 30.6. The highest BCUT2D eigenvalue weighted by molar-refractivity contribution is 7.47. The summed E-state index contributed by atoms with van der Waals surface area (Å²) in [5, 5.41) is 18.3. The van der Waals surface area contributed by atoms with E-state index in [1.165, 1.54) is 51.4 Å². The van der Waals surface area contributed by atoms with Gasteiger partial charge in [-0.05, 0) is 64.2 Å². The van der Waals surface area contributed by atoms with Gasteiger partial charge < -0.3 is 29.3 Å². The Balaban J connectivity index is 2.27. The summed E-state index contributed by atoms with van der Waals surface area (Å²) < 4.78 is 38.4. The van der Waals surface area contributed by atoms with Gasteiger partial charge >= 0.3 is 19.8 Å². The monoisotopic (exact) mass is 760 g/mol. The van der Waals surface area contributed by atoms with Gasteiger partial charge in [-0.1, -0.05) is 115 Å². The number of phosphoric acid groups is 1. The predicted octanol–water partition coefficient (Wildman–Crippen LogP) is 9.21. The number of phosphoric ester groups is 1. The van der Waals surface area contributed by atoms with Gasteiger partial charge in [0, 0.05) is 12.8 Å². The van der Waals surface area contributed by atoms with E-state index in [1.807, 2.05) is 0 Å². The molecule has 0 spiro atoms. The van der Waals surface area contributed by atoms with Gasteiger partial charge in [0.2, 0.25) is 0 Å². The summed E-state index contributed by atoms with van der Waals surface area (Å²) >= 11 is 0. The number of aliphatic hydroxyl groups excluding tert-OH is 2. The normalized spacial score (nSPS) is 18.1. The Morgan fingerprint density at radius 2 is 1.19 bits per heavy atom. The van der Waals surface area contributed by atoms with Gasteiger partial charge in [-0.3, -0.25) is 18.6 Å². The third kappa shape index (κ3) is 29.8. The van der Waals surface area contributed by atoms with Crippen molar-refractivity contribution in [2.75, 3.05) is 26.4 Å². The van der Waals surface area contributed by atoms with Gasteiger partial charge in [-0.25, -0.2) is 4.57 Å². The second-order valence-corrected chi connectivity index (χ2v) is 15.5. The number of carbonyl (C=O) groups is 2. The van der Waals surface area contributed by atoms with Crippen LogP contribution in [0.4, 0.5) is 0 Å². The van der Waals surface area contributed by atoms with Crippen LogP contribution in [-0.2, 0) is 37.4 Å². The first kappa shape index (κ1) is 48.4. The van der Waals surface area contributed by atoms with Gasteiger partial charge in [0.05, 0.1) is 32.0 Å². The van der Waals surface area contributed by atoms with Crippen molar-refractivity contribution in [1.82, 2.24) is 0 Å². The molecule has 0 radical (unpaired) electrons. The molecule has 1 aliphatic heterocycles. The molecule has 304 valence electrons. The average Bonchev–Trinajstić information content (AvgIpc) is 3.88. The van der Waals surface area contributed by atoms with Crippen LogP contribution >= 0.6 is 7.82 Å². The molecule has 11 nitrogen and oxygen atoms in total. The van der Waals surface area contributed by atoms with Crippen molar-refractivity contribution in [1.29, 1.82) is 0 Å². The molecular weight excluding hydrogens is 687 g/mol. The highest BCUT2D eigenvalue weighted by atomic mass is 31.2. The molecular formula is C40H73O11P. The minimum atomic E-state index is -4.62. The molecule has 0 aliphatic carbocycles. The number of esters is 2. The fraction of sp³-hybridized carbons (Fsp3) is 0.850. The van der Waals surface area contributed by atoms with E-state index in [9.17, 15) is 24.2 Å². The Hall–Kier alpha value is -1.59. The highest BCUT2D eigenvalue weighted by Crippen LogP contribution is 2.43. The van der Waals surface area contributed by atoms with Crippen LogP contribution in [0.15, 0.2) is 24.3 Å². The molecule has 1 fully saturated rings. The quantitative estimate of drug-likeness (QED) is 0.0182. The molecule has 0 aromatic rings. The maximum absolute atomic E-state index is 12.6. The molecule has 1 aliphatic rings. The van der Waals surface area contributed by atoms with Gasteiger partial charge in [0.1, 0.15) is 12.7 Å². The number of hydrogen-bond donors (Lipinski definition) is 3. The Morgan fingerprint density at radius 1 is 0.673 bits per heavy atom. The van der Waals surface area contributed by atoms with Gasteiger partial charge in [-0.15, -0.1) is 0 Å². The van der Waals surface area contributed by atoms with Crippen molar-refractivity contribution in [2.24, 2.45) is 0 Å². The summed E-state index contributed by atoms with van der Waals surface area (Å²) in [5.41, 5.74) is 0. The molecule has 3 N–H and O–H groups in total. The smallest absolute Gasteiger partial charge is 0.462 e. The number of epoxide rings is 1. The number of aliphatic hydroxyl groups is 2. The van der Waals surface area contributed by atoms with Crippen LogP contribution in [0.1, 0.15) is 168 Å². The van der Waals surface area contributed by atoms with Crippen LogP contribution in [0.3, 0.4) is 0 Å². The molecule has 0 bridgehead atoms. The lowest BCUT2D eigenvalue weighted by molar-refractivity contribution is -0.161. The molecule has 5 atom stereocenters. The first-order valence-electron chi connectivity index (χ1n) is 20.4. The molecule has 12 heteroatoms. The van der Waals surface area contributed by atoms with E-state index in [2.05, 4.69) is 42.7 Å². The van der Waals surface area contributed by atoms with E-state index < -0.39 is 51.8 Å². The standard InChI is InChI=1S/C40H73O11P/c1-3-5-7-8-9-10-11-12-13-14-19-22-26-30-40(44)50-36(34-49-52(45,46)48-32-35(42)31-41)33-47-39(43)29-25-21-18-16-15-17-20-24-28-38-37(51-38)27-23-6-4-2/h10-11,20,24,35-38,41-42H,3-9,12-19,21-23,25-34H2,1-2H3,(H,45,46)/b11-10-,24-20-/t35-,36+,37?,38?/m0/s1. The fourth-order valence-corrected chi connectivity index (χ4v) is 6.49. The lowest BCUT2D eigenvalue weighted by Crippen LogP contribution is -2.29. The van der Waals surface area contributed by atoms with Crippen LogP contribution < -0.4 is 0 Å². The first-order chi connectivity index (χ1) is 25.2. The summed E-state index contributed by atoms with van der Waals surface area (Å²) in [5.74, 6) is -0.956. The summed E-state index contributed by atoms with van der Waals surface area (Å²) in [6.07, 6.45) is 31.7.